The maximum atomic E-state index is 12.8. The van der Waals surface area contributed by atoms with Crippen molar-refractivity contribution >= 4 is 24.0 Å². The SMILES string of the molecule is Cl.Cn1ccnc1C1CNCCN1C(=O)Cc1cccc([N+](=O)[O-])c1. The maximum absolute atomic E-state index is 12.8. The zero-order chi connectivity index (χ0) is 17.1. The predicted molar refractivity (Wildman–Crippen MR) is 94.6 cm³/mol. The summed E-state index contributed by atoms with van der Waals surface area (Å²) >= 11 is 0. The molecular weight excluding hydrogens is 346 g/mol. The lowest BCUT2D eigenvalue weighted by Crippen LogP contribution is -2.49. The van der Waals surface area contributed by atoms with E-state index < -0.39 is 4.92 Å². The highest BCUT2D eigenvalue weighted by atomic mass is 35.5. The number of amides is 1. The summed E-state index contributed by atoms with van der Waals surface area (Å²) in [6, 6.07) is 6.09. The first-order valence-electron chi connectivity index (χ1n) is 7.77. The van der Waals surface area contributed by atoms with Crippen molar-refractivity contribution < 1.29 is 9.72 Å². The van der Waals surface area contributed by atoms with Crippen LogP contribution in [0.1, 0.15) is 17.4 Å². The van der Waals surface area contributed by atoms with Crippen LogP contribution in [-0.4, -0.2) is 44.9 Å². The van der Waals surface area contributed by atoms with Crippen molar-refractivity contribution in [2.24, 2.45) is 7.05 Å². The first-order chi connectivity index (χ1) is 11.6. The molecule has 1 atom stereocenters. The molecule has 0 bridgehead atoms. The van der Waals surface area contributed by atoms with E-state index in [0.717, 1.165) is 12.4 Å². The number of piperazine rings is 1. The second kappa shape index (κ2) is 8.09. The van der Waals surface area contributed by atoms with Crippen molar-refractivity contribution in [2.75, 3.05) is 19.6 Å². The lowest BCUT2D eigenvalue weighted by molar-refractivity contribution is -0.384. The van der Waals surface area contributed by atoms with Gasteiger partial charge in [-0.3, -0.25) is 14.9 Å². The lowest BCUT2D eigenvalue weighted by atomic mass is 10.1. The smallest absolute Gasteiger partial charge is 0.269 e. The van der Waals surface area contributed by atoms with Gasteiger partial charge in [-0.2, -0.15) is 0 Å². The van der Waals surface area contributed by atoms with Crippen molar-refractivity contribution in [1.29, 1.82) is 0 Å². The first-order valence-corrected chi connectivity index (χ1v) is 7.77. The molecule has 1 unspecified atom stereocenters. The van der Waals surface area contributed by atoms with E-state index in [2.05, 4.69) is 10.3 Å². The van der Waals surface area contributed by atoms with Gasteiger partial charge in [-0.15, -0.1) is 12.4 Å². The van der Waals surface area contributed by atoms with Gasteiger partial charge in [0.2, 0.25) is 5.91 Å². The third kappa shape index (κ3) is 4.15. The van der Waals surface area contributed by atoms with Crippen molar-refractivity contribution in [3.63, 3.8) is 0 Å². The fourth-order valence-electron chi connectivity index (χ4n) is 2.99. The Morgan fingerprint density at radius 2 is 2.28 bits per heavy atom. The van der Waals surface area contributed by atoms with Gasteiger partial charge in [-0.05, 0) is 5.56 Å². The Labute approximate surface area is 151 Å². The summed E-state index contributed by atoms with van der Waals surface area (Å²) in [7, 11) is 1.90. The van der Waals surface area contributed by atoms with Crippen molar-refractivity contribution in [2.45, 2.75) is 12.5 Å². The van der Waals surface area contributed by atoms with Gasteiger partial charge < -0.3 is 14.8 Å². The van der Waals surface area contributed by atoms with Crippen LogP contribution in [0.4, 0.5) is 5.69 Å². The van der Waals surface area contributed by atoms with Crippen LogP contribution in [0.5, 0.6) is 0 Å². The number of aryl methyl sites for hydroxylation is 1. The van der Waals surface area contributed by atoms with E-state index in [1.54, 1.807) is 23.2 Å². The molecule has 1 aromatic carbocycles. The van der Waals surface area contributed by atoms with Crippen LogP contribution in [0.2, 0.25) is 0 Å². The number of benzene rings is 1. The number of hydrogen-bond acceptors (Lipinski definition) is 5. The highest BCUT2D eigenvalue weighted by Gasteiger charge is 2.30. The number of nitrogens with zero attached hydrogens (tertiary/aromatic N) is 4. The average Bonchev–Trinajstić information content (AvgIpc) is 3.01. The third-order valence-corrected chi connectivity index (χ3v) is 4.20. The number of halogens is 1. The third-order valence-electron chi connectivity index (χ3n) is 4.20. The molecule has 1 amide bonds. The molecule has 0 saturated carbocycles. The summed E-state index contributed by atoms with van der Waals surface area (Å²) in [6.07, 6.45) is 3.71. The van der Waals surface area contributed by atoms with Gasteiger partial charge >= 0.3 is 0 Å². The monoisotopic (exact) mass is 365 g/mol. The van der Waals surface area contributed by atoms with Crippen LogP contribution in [0.25, 0.3) is 0 Å². The van der Waals surface area contributed by atoms with E-state index in [4.69, 9.17) is 0 Å². The van der Waals surface area contributed by atoms with Gasteiger partial charge in [0.25, 0.3) is 5.69 Å². The molecule has 8 nitrogen and oxygen atoms in total. The van der Waals surface area contributed by atoms with Crippen LogP contribution >= 0.6 is 12.4 Å². The molecule has 1 aromatic heterocycles. The van der Waals surface area contributed by atoms with Crippen LogP contribution in [-0.2, 0) is 18.3 Å². The highest BCUT2D eigenvalue weighted by Crippen LogP contribution is 2.22. The maximum Gasteiger partial charge on any atom is 0.269 e. The Morgan fingerprint density at radius 1 is 1.48 bits per heavy atom. The summed E-state index contributed by atoms with van der Waals surface area (Å²) in [4.78, 5) is 29.3. The van der Waals surface area contributed by atoms with Crippen molar-refractivity contribution in [1.82, 2.24) is 19.8 Å². The topological polar surface area (TPSA) is 93.3 Å². The molecule has 0 spiro atoms. The van der Waals surface area contributed by atoms with Crippen LogP contribution < -0.4 is 5.32 Å². The number of carbonyl (C=O) groups excluding carboxylic acids is 1. The zero-order valence-corrected chi connectivity index (χ0v) is 14.6. The van der Waals surface area contributed by atoms with E-state index >= 15 is 0 Å². The molecule has 3 rings (SSSR count). The predicted octanol–water partition coefficient (Wildman–Crippen LogP) is 1.47. The molecule has 134 valence electrons. The lowest BCUT2D eigenvalue weighted by Gasteiger charge is -2.35. The molecule has 1 saturated heterocycles. The van der Waals surface area contributed by atoms with Crippen LogP contribution in [0, 0.1) is 10.1 Å². The van der Waals surface area contributed by atoms with E-state index in [9.17, 15) is 14.9 Å². The molecule has 0 aliphatic carbocycles. The summed E-state index contributed by atoms with van der Waals surface area (Å²) in [5.41, 5.74) is 0.646. The Bertz CT molecular complexity index is 764. The molecule has 25 heavy (non-hydrogen) atoms. The van der Waals surface area contributed by atoms with Gasteiger partial charge in [-0.1, -0.05) is 12.1 Å². The molecule has 1 fully saturated rings. The minimum atomic E-state index is -0.449. The Morgan fingerprint density at radius 3 is 2.96 bits per heavy atom. The number of carbonyl (C=O) groups is 1. The number of non-ortho nitro benzene ring substituents is 1. The van der Waals surface area contributed by atoms with E-state index in [1.807, 2.05) is 17.8 Å². The first kappa shape index (κ1) is 18.9. The highest BCUT2D eigenvalue weighted by molar-refractivity contribution is 5.85. The second-order valence-corrected chi connectivity index (χ2v) is 5.81. The molecule has 0 radical (unpaired) electrons. The molecule has 9 heteroatoms. The molecule has 1 aliphatic rings. The quantitative estimate of drug-likeness (QED) is 0.654. The van der Waals surface area contributed by atoms with Crippen LogP contribution in [0.3, 0.4) is 0 Å². The number of hydrogen-bond donors (Lipinski definition) is 1. The summed E-state index contributed by atoms with van der Waals surface area (Å²) in [5, 5.41) is 14.2. The summed E-state index contributed by atoms with van der Waals surface area (Å²) in [5.74, 6) is 0.777. The molecule has 1 aliphatic heterocycles. The van der Waals surface area contributed by atoms with Gasteiger partial charge in [0.05, 0.1) is 11.3 Å². The zero-order valence-electron chi connectivity index (χ0n) is 13.8. The van der Waals surface area contributed by atoms with Gasteiger partial charge in [-0.25, -0.2) is 4.98 Å². The summed E-state index contributed by atoms with van der Waals surface area (Å²) < 4.78 is 1.91. The largest absolute Gasteiger partial charge is 0.336 e. The minimum Gasteiger partial charge on any atom is -0.336 e. The molecule has 2 heterocycles. The summed E-state index contributed by atoms with van der Waals surface area (Å²) in [6.45, 7) is 1.96. The molecule has 2 aromatic rings. The second-order valence-electron chi connectivity index (χ2n) is 5.81. The fourth-order valence-corrected chi connectivity index (χ4v) is 2.99. The molecular formula is C16H20ClN5O3. The molecule has 1 N–H and O–H groups in total. The fraction of sp³-hybridized carbons (Fsp3) is 0.375. The van der Waals surface area contributed by atoms with Gasteiger partial charge in [0.15, 0.2) is 0 Å². The normalized spacial score (nSPS) is 17.0. The standard InChI is InChI=1S/C16H19N5O3.ClH/c1-19-7-6-18-16(19)14-11-17-5-8-20(14)15(22)10-12-3-2-4-13(9-12)21(23)24;/h2-4,6-7,9,14,17H,5,8,10-11H2,1H3;1H. The van der Waals surface area contributed by atoms with Crippen molar-refractivity contribution in [3.05, 3.63) is 58.2 Å². The van der Waals surface area contributed by atoms with Gasteiger partial charge in [0.1, 0.15) is 11.9 Å². The van der Waals surface area contributed by atoms with E-state index in [-0.39, 0.29) is 36.5 Å². The minimum absolute atomic E-state index is 0. The Kier molecular flexibility index (Phi) is 6.11. The number of aromatic nitrogens is 2. The number of imidazole rings is 1. The number of nitrogens with one attached hydrogen (secondary N) is 1. The Balaban J connectivity index is 0.00000225. The Hall–Kier alpha value is -2.45. The average molecular weight is 366 g/mol. The van der Waals surface area contributed by atoms with Crippen LogP contribution in [0.15, 0.2) is 36.7 Å². The van der Waals surface area contributed by atoms with E-state index in [1.165, 1.54) is 12.1 Å². The number of nitro groups is 1. The van der Waals surface area contributed by atoms with Gasteiger partial charge in [0, 0.05) is 51.2 Å². The van der Waals surface area contributed by atoms with Crippen molar-refractivity contribution in [3.8, 4) is 0 Å². The number of nitro benzene ring substituents is 1. The number of rotatable bonds is 4. The van der Waals surface area contributed by atoms with E-state index in [0.29, 0.717) is 18.7 Å².